The van der Waals surface area contributed by atoms with E-state index in [-0.39, 0.29) is 0 Å². The Hall–Kier alpha value is -0.970. The molecule has 1 atom stereocenters. The van der Waals surface area contributed by atoms with Gasteiger partial charge in [-0.15, -0.1) is 0 Å². The van der Waals surface area contributed by atoms with Gasteiger partial charge in [0, 0.05) is 12.6 Å². The van der Waals surface area contributed by atoms with Crippen molar-refractivity contribution in [1.29, 1.82) is 0 Å². The van der Waals surface area contributed by atoms with E-state index < -0.39 is 0 Å². The van der Waals surface area contributed by atoms with Crippen LogP contribution in [0.25, 0.3) is 0 Å². The molecule has 1 aromatic heterocycles. The van der Waals surface area contributed by atoms with Crippen LogP contribution in [0.3, 0.4) is 0 Å². The molecule has 1 unspecified atom stereocenters. The van der Waals surface area contributed by atoms with Gasteiger partial charge in [-0.3, -0.25) is 0 Å². The van der Waals surface area contributed by atoms with Crippen molar-refractivity contribution in [3.05, 3.63) is 6.07 Å². The van der Waals surface area contributed by atoms with E-state index in [0.717, 1.165) is 23.4 Å². The summed E-state index contributed by atoms with van der Waals surface area (Å²) >= 11 is 1.51. The second-order valence-corrected chi connectivity index (χ2v) is 5.13. The van der Waals surface area contributed by atoms with Gasteiger partial charge in [-0.1, -0.05) is 18.7 Å². The number of nitrogens with zero attached hydrogens (tertiary/aromatic N) is 2. The molecule has 5 heteroatoms. The molecule has 1 heterocycles. The van der Waals surface area contributed by atoms with Gasteiger partial charge in [0.2, 0.25) is 0 Å². The first-order valence-electron chi connectivity index (χ1n) is 5.61. The Morgan fingerprint density at radius 3 is 2.94 bits per heavy atom. The lowest BCUT2D eigenvalue weighted by Crippen LogP contribution is -2.14. The topological polar surface area (TPSA) is 63.8 Å². The molecule has 0 spiro atoms. The van der Waals surface area contributed by atoms with E-state index in [1.165, 1.54) is 24.6 Å². The summed E-state index contributed by atoms with van der Waals surface area (Å²) in [7, 11) is 0. The minimum atomic E-state index is 0.529. The first kappa shape index (κ1) is 11.5. The number of hydrogen-bond acceptors (Lipinski definition) is 5. The average Bonchev–Trinajstić information content (AvgIpc) is 3.08. The van der Waals surface area contributed by atoms with Crippen LogP contribution in [0.1, 0.15) is 19.8 Å². The van der Waals surface area contributed by atoms with E-state index in [0.29, 0.717) is 11.7 Å². The maximum absolute atomic E-state index is 5.71. The third-order valence-corrected chi connectivity index (χ3v) is 3.49. The highest BCUT2D eigenvalue weighted by Crippen LogP contribution is 2.36. The highest BCUT2D eigenvalue weighted by molar-refractivity contribution is 7.98. The van der Waals surface area contributed by atoms with Crippen LogP contribution in [-0.4, -0.2) is 22.8 Å². The Morgan fingerprint density at radius 1 is 1.56 bits per heavy atom. The lowest BCUT2D eigenvalue weighted by atomic mass is 10.1. The Balaban J connectivity index is 1.94. The predicted molar refractivity (Wildman–Crippen MR) is 68.6 cm³/mol. The van der Waals surface area contributed by atoms with Crippen molar-refractivity contribution in [3.8, 4) is 0 Å². The monoisotopic (exact) mass is 238 g/mol. The van der Waals surface area contributed by atoms with E-state index in [2.05, 4.69) is 22.2 Å². The standard InChI is InChI=1S/C11H18N4S/c1-7(8-3-4-8)6-13-10-5-9(12)14-11(15-10)16-2/h5,7-8H,3-4,6H2,1-2H3,(H3,12,13,14,15). The van der Waals surface area contributed by atoms with Gasteiger partial charge in [0.05, 0.1) is 0 Å². The molecule has 3 N–H and O–H groups in total. The normalized spacial score (nSPS) is 17.1. The Labute approximate surface area is 100 Å². The quantitative estimate of drug-likeness (QED) is 0.608. The number of thioether (sulfide) groups is 1. The third kappa shape index (κ3) is 3.01. The van der Waals surface area contributed by atoms with Crippen molar-refractivity contribution in [3.63, 3.8) is 0 Å². The molecular formula is C11H18N4S. The predicted octanol–water partition coefficient (Wildman–Crippen LogP) is 2.24. The van der Waals surface area contributed by atoms with Crippen molar-refractivity contribution in [1.82, 2.24) is 9.97 Å². The van der Waals surface area contributed by atoms with E-state index in [1.807, 2.05) is 6.26 Å². The van der Waals surface area contributed by atoms with Gasteiger partial charge in [-0.25, -0.2) is 9.97 Å². The molecule has 1 saturated carbocycles. The SMILES string of the molecule is CSc1nc(N)cc(NCC(C)C2CC2)n1. The van der Waals surface area contributed by atoms with Gasteiger partial charge < -0.3 is 11.1 Å². The van der Waals surface area contributed by atoms with Crippen molar-refractivity contribution < 1.29 is 0 Å². The fraction of sp³-hybridized carbons (Fsp3) is 0.636. The molecule has 1 aliphatic rings. The number of hydrogen-bond donors (Lipinski definition) is 2. The average molecular weight is 238 g/mol. The maximum atomic E-state index is 5.71. The van der Waals surface area contributed by atoms with Crippen LogP contribution in [0.2, 0.25) is 0 Å². The maximum Gasteiger partial charge on any atom is 0.191 e. The minimum Gasteiger partial charge on any atom is -0.383 e. The third-order valence-electron chi connectivity index (χ3n) is 2.94. The molecule has 0 saturated heterocycles. The van der Waals surface area contributed by atoms with Crippen LogP contribution in [0.5, 0.6) is 0 Å². The van der Waals surface area contributed by atoms with Crippen molar-refractivity contribution in [2.75, 3.05) is 23.9 Å². The molecule has 0 bridgehead atoms. The van der Waals surface area contributed by atoms with Crippen LogP contribution in [0.4, 0.5) is 11.6 Å². The molecule has 4 nitrogen and oxygen atoms in total. The lowest BCUT2D eigenvalue weighted by Gasteiger charge is -2.12. The summed E-state index contributed by atoms with van der Waals surface area (Å²) in [6.45, 7) is 3.25. The molecule has 1 aromatic rings. The smallest absolute Gasteiger partial charge is 0.191 e. The number of nitrogen functional groups attached to an aromatic ring is 1. The molecule has 0 aliphatic heterocycles. The van der Waals surface area contributed by atoms with Crippen LogP contribution >= 0.6 is 11.8 Å². The molecule has 1 fully saturated rings. The molecule has 0 radical (unpaired) electrons. The number of anilines is 2. The molecular weight excluding hydrogens is 220 g/mol. The molecule has 2 rings (SSSR count). The summed E-state index contributed by atoms with van der Waals surface area (Å²) in [6.07, 6.45) is 4.71. The largest absolute Gasteiger partial charge is 0.383 e. The van der Waals surface area contributed by atoms with Gasteiger partial charge in [0.1, 0.15) is 11.6 Å². The van der Waals surface area contributed by atoms with Crippen molar-refractivity contribution >= 4 is 23.4 Å². The zero-order chi connectivity index (χ0) is 11.5. The highest BCUT2D eigenvalue weighted by Gasteiger charge is 2.27. The Bertz CT molecular complexity index is 365. The highest BCUT2D eigenvalue weighted by atomic mass is 32.2. The van der Waals surface area contributed by atoms with Gasteiger partial charge in [0.25, 0.3) is 0 Å². The van der Waals surface area contributed by atoms with Crippen LogP contribution < -0.4 is 11.1 Å². The summed E-state index contributed by atoms with van der Waals surface area (Å²) < 4.78 is 0. The Morgan fingerprint density at radius 2 is 2.31 bits per heavy atom. The second kappa shape index (κ2) is 4.91. The first-order chi connectivity index (χ1) is 7.69. The zero-order valence-corrected chi connectivity index (χ0v) is 10.5. The van der Waals surface area contributed by atoms with Gasteiger partial charge in [-0.05, 0) is 30.9 Å². The molecule has 0 amide bonds. The van der Waals surface area contributed by atoms with E-state index in [4.69, 9.17) is 5.73 Å². The lowest BCUT2D eigenvalue weighted by molar-refractivity contribution is 0.535. The molecule has 1 aliphatic carbocycles. The number of nitrogens with two attached hydrogens (primary N) is 1. The van der Waals surface area contributed by atoms with E-state index >= 15 is 0 Å². The second-order valence-electron chi connectivity index (χ2n) is 4.36. The zero-order valence-electron chi connectivity index (χ0n) is 9.73. The number of aromatic nitrogens is 2. The van der Waals surface area contributed by atoms with Crippen LogP contribution in [0.15, 0.2) is 11.2 Å². The van der Waals surface area contributed by atoms with Crippen molar-refractivity contribution in [2.45, 2.75) is 24.9 Å². The summed E-state index contributed by atoms with van der Waals surface area (Å²) in [5.74, 6) is 2.99. The van der Waals surface area contributed by atoms with E-state index in [9.17, 15) is 0 Å². The van der Waals surface area contributed by atoms with Crippen LogP contribution in [0, 0.1) is 11.8 Å². The van der Waals surface area contributed by atoms with Gasteiger partial charge in [0.15, 0.2) is 5.16 Å². The summed E-state index contributed by atoms with van der Waals surface area (Å²) in [6, 6.07) is 1.79. The fourth-order valence-electron chi connectivity index (χ4n) is 1.72. The first-order valence-corrected chi connectivity index (χ1v) is 6.84. The summed E-state index contributed by atoms with van der Waals surface area (Å²) in [4.78, 5) is 8.48. The van der Waals surface area contributed by atoms with Crippen LogP contribution in [-0.2, 0) is 0 Å². The van der Waals surface area contributed by atoms with Crippen molar-refractivity contribution in [2.24, 2.45) is 11.8 Å². The molecule has 0 aromatic carbocycles. The Kier molecular flexibility index (Phi) is 3.53. The van der Waals surface area contributed by atoms with E-state index in [1.54, 1.807) is 6.07 Å². The number of nitrogens with one attached hydrogen (secondary N) is 1. The summed E-state index contributed by atoms with van der Waals surface area (Å²) in [5, 5.41) is 4.06. The summed E-state index contributed by atoms with van der Waals surface area (Å²) in [5.41, 5.74) is 5.71. The number of rotatable bonds is 5. The molecule has 16 heavy (non-hydrogen) atoms. The van der Waals surface area contributed by atoms with Gasteiger partial charge in [-0.2, -0.15) is 0 Å². The minimum absolute atomic E-state index is 0.529. The molecule has 88 valence electrons. The van der Waals surface area contributed by atoms with Gasteiger partial charge >= 0.3 is 0 Å². The fourth-order valence-corrected chi connectivity index (χ4v) is 2.11.